The molecule has 4 heterocycles. The van der Waals surface area contributed by atoms with Gasteiger partial charge in [-0.1, -0.05) is 0 Å². The number of hydrogen-bond donors (Lipinski definition) is 0. The second-order valence-electron chi connectivity index (χ2n) is 16.3. The fourth-order valence-electron chi connectivity index (χ4n) is 10.4. The van der Waals surface area contributed by atoms with Crippen molar-refractivity contribution in [2.75, 3.05) is 9.80 Å². The van der Waals surface area contributed by atoms with Crippen LogP contribution in [-0.4, -0.2) is 21.7 Å². The summed E-state index contributed by atoms with van der Waals surface area (Å²) in [7, 11) is 0. The van der Waals surface area contributed by atoms with Gasteiger partial charge >= 0.3 is 336 Å². The molecule has 268 valence electrons. The minimum atomic E-state index is 0.0143. The monoisotopic (exact) mass is 786 g/mol. The summed E-state index contributed by atoms with van der Waals surface area (Å²) in [5.41, 5.74) is 19.3. The van der Waals surface area contributed by atoms with Crippen molar-refractivity contribution in [3.63, 3.8) is 0 Å². The minimum absolute atomic E-state index is 0.0143. The van der Waals surface area contributed by atoms with Gasteiger partial charge in [0, 0.05) is 0 Å². The zero-order valence-corrected chi connectivity index (χ0v) is 33.3. The van der Waals surface area contributed by atoms with Crippen LogP contribution >= 0.6 is 0 Å². The fraction of sp³-hybridized carbons (Fsp3) is 0.137. The Labute approximate surface area is 334 Å². The molecule has 4 aliphatic rings. The van der Waals surface area contributed by atoms with Crippen LogP contribution in [0.5, 0.6) is 0 Å². The summed E-state index contributed by atoms with van der Waals surface area (Å²) >= 11 is 0.176. The third-order valence-corrected chi connectivity index (χ3v) is 15.4. The van der Waals surface area contributed by atoms with Crippen molar-refractivity contribution in [2.24, 2.45) is 0 Å². The summed E-state index contributed by atoms with van der Waals surface area (Å²) in [6.45, 7) is 4.99. The van der Waals surface area contributed by atoms with Crippen LogP contribution < -0.4 is 35.1 Å². The quantitative estimate of drug-likeness (QED) is 0.167. The van der Waals surface area contributed by atoms with Gasteiger partial charge in [0.05, 0.1) is 0 Å². The van der Waals surface area contributed by atoms with E-state index in [0.29, 0.717) is 0 Å². The van der Waals surface area contributed by atoms with E-state index >= 15 is 0 Å². The van der Waals surface area contributed by atoms with Gasteiger partial charge in [-0.25, -0.2) is 0 Å². The van der Waals surface area contributed by atoms with Gasteiger partial charge in [-0.2, -0.15) is 0 Å². The second kappa shape index (κ2) is 12.1. The van der Waals surface area contributed by atoms with E-state index in [4.69, 9.17) is 4.42 Å². The Bertz CT molecular complexity index is 2960. The molecule has 5 heteroatoms. The van der Waals surface area contributed by atoms with Gasteiger partial charge < -0.3 is 0 Å². The van der Waals surface area contributed by atoms with Crippen molar-refractivity contribution in [1.29, 1.82) is 0 Å². The third kappa shape index (κ3) is 4.59. The number of hydrogen-bond acceptors (Lipinski definition) is 3. The molecule has 1 aliphatic carbocycles. The van der Waals surface area contributed by atoms with Crippen molar-refractivity contribution in [1.82, 2.24) is 0 Å². The van der Waals surface area contributed by atoms with Crippen molar-refractivity contribution in [3.05, 3.63) is 168 Å². The van der Waals surface area contributed by atoms with Gasteiger partial charge in [-0.3, -0.25) is 0 Å². The zero-order chi connectivity index (χ0) is 37.1. The van der Waals surface area contributed by atoms with E-state index in [9.17, 15) is 0 Å². The van der Waals surface area contributed by atoms with Gasteiger partial charge in [0.2, 0.25) is 0 Å². The summed E-state index contributed by atoms with van der Waals surface area (Å²) in [6.07, 6.45) is 4.76. The summed E-state index contributed by atoms with van der Waals surface area (Å²) in [6, 6.07) is 56.8. The summed E-state index contributed by atoms with van der Waals surface area (Å²) in [5, 5.41) is 2.33. The summed E-state index contributed by atoms with van der Waals surface area (Å²) in [4.78, 5) is 5.17. The van der Waals surface area contributed by atoms with Crippen LogP contribution in [0.3, 0.4) is 0 Å². The number of benzene rings is 7. The van der Waals surface area contributed by atoms with Gasteiger partial charge in [-0.05, 0) is 0 Å². The molecule has 0 spiro atoms. The van der Waals surface area contributed by atoms with Crippen LogP contribution in [0.25, 0.3) is 33.1 Å². The molecular formula is C51H39BN2OSe. The SMILES string of the molecule is CC1(C)C2=C(CCCC2)N(c2ccc3c(c2)N(c2ccccc2)c2cccc4c2B3c2cc(-c3cccc5c3oc3ccccc35)ccc2[Se]4)c2ccccc21. The van der Waals surface area contributed by atoms with Crippen LogP contribution in [0.2, 0.25) is 0 Å². The average Bonchev–Trinajstić information content (AvgIpc) is 3.63. The van der Waals surface area contributed by atoms with Crippen LogP contribution in [0.1, 0.15) is 45.1 Å². The molecule has 0 saturated carbocycles. The Hall–Kier alpha value is -5.74. The van der Waals surface area contributed by atoms with E-state index in [0.717, 1.165) is 29.6 Å². The molecule has 0 unspecified atom stereocenters. The first-order chi connectivity index (χ1) is 27.5. The maximum absolute atomic E-state index is 6.58. The molecule has 0 radical (unpaired) electrons. The Morgan fingerprint density at radius 3 is 2.30 bits per heavy atom. The zero-order valence-electron chi connectivity index (χ0n) is 31.6. The number of rotatable bonds is 3. The predicted molar refractivity (Wildman–Crippen MR) is 237 cm³/mol. The van der Waals surface area contributed by atoms with Crippen LogP contribution in [-0.2, 0) is 5.41 Å². The topological polar surface area (TPSA) is 19.6 Å². The van der Waals surface area contributed by atoms with Crippen LogP contribution in [0.15, 0.2) is 167 Å². The van der Waals surface area contributed by atoms with E-state index < -0.39 is 0 Å². The number of anilines is 5. The molecule has 0 fully saturated rings. The standard InChI is InChI=1S/C51H39BN2OSe/c1-51(2)38-19-7-9-21-42(38)54(43-22-10-8-20-39(43)51)34-27-28-40-45(31-34)53(33-14-4-3-5-15-33)44-23-13-25-48-49(44)52(40)41-30-32(26-29-47(41)56-48)35-17-12-18-37-36-16-6-11-24-46(36)55-50(35)37/h3-7,9,11-19,21,23-31H,8,10,20,22H2,1-2H3. The van der Waals surface area contributed by atoms with Gasteiger partial charge in [-0.15, -0.1) is 0 Å². The summed E-state index contributed by atoms with van der Waals surface area (Å²) in [5.74, 6) is 0. The van der Waals surface area contributed by atoms with E-state index in [1.54, 1.807) is 5.57 Å². The number of fused-ring (bicyclic) bond motifs is 8. The van der Waals surface area contributed by atoms with Gasteiger partial charge in [0.25, 0.3) is 0 Å². The molecule has 3 nitrogen and oxygen atoms in total. The van der Waals surface area contributed by atoms with Crippen molar-refractivity contribution in [3.8, 4) is 11.1 Å². The molecule has 0 bridgehead atoms. The van der Waals surface area contributed by atoms with E-state index in [-0.39, 0.29) is 27.1 Å². The van der Waals surface area contributed by atoms with E-state index in [1.165, 1.54) is 94.2 Å². The first-order valence-corrected chi connectivity index (χ1v) is 21.7. The molecule has 0 atom stereocenters. The van der Waals surface area contributed by atoms with E-state index in [2.05, 4.69) is 175 Å². The normalized spacial score (nSPS) is 16.4. The fourth-order valence-corrected chi connectivity index (χ4v) is 12.8. The molecule has 8 aromatic rings. The van der Waals surface area contributed by atoms with Crippen LogP contribution in [0.4, 0.5) is 28.4 Å². The number of furan rings is 1. The number of nitrogens with zero attached hydrogens (tertiary/aromatic N) is 2. The molecule has 0 N–H and O–H groups in total. The van der Waals surface area contributed by atoms with E-state index in [1.807, 2.05) is 0 Å². The van der Waals surface area contributed by atoms with Crippen molar-refractivity contribution >= 4 is 97.4 Å². The van der Waals surface area contributed by atoms with Gasteiger partial charge in [0.15, 0.2) is 0 Å². The third-order valence-electron chi connectivity index (χ3n) is 12.9. The maximum atomic E-state index is 6.58. The van der Waals surface area contributed by atoms with Crippen molar-refractivity contribution < 1.29 is 4.42 Å². The first kappa shape index (κ1) is 32.5. The second-order valence-corrected chi connectivity index (χ2v) is 18.6. The molecule has 3 aliphatic heterocycles. The Morgan fingerprint density at radius 2 is 1.38 bits per heavy atom. The summed E-state index contributed by atoms with van der Waals surface area (Å²) < 4.78 is 9.51. The molecule has 0 saturated heterocycles. The van der Waals surface area contributed by atoms with Crippen molar-refractivity contribution in [2.45, 2.75) is 44.9 Å². The number of allylic oxidation sites excluding steroid dienone is 2. The van der Waals surface area contributed by atoms with Crippen LogP contribution in [0, 0.1) is 0 Å². The molecule has 0 amide bonds. The molecule has 7 aromatic carbocycles. The van der Waals surface area contributed by atoms with Gasteiger partial charge in [0.1, 0.15) is 0 Å². The molecule has 56 heavy (non-hydrogen) atoms. The Kier molecular flexibility index (Phi) is 7.04. The first-order valence-electron chi connectivity index (χ1n) is 20.0. The average molecular weight is 786 g/mol. The molecule has 1 aromatic heterocycles. The molecular weight excluding hydrogens is 746 g/mol. The molecule has 12 rings (SSSR count). The number of para-hydroxylation sites is 4. The Morgan fingerprint density at radius 1 is 0.589 bits per heavy atom. The predicted octanol–water partition coefficient (Wildman–Crippen LogP) is 9.78. The Balaban J connectivity index is 1.09.